The Hall–Kier alpha value is -3.79. The van der Waals surface area contributed by atoms with Crippen LogP contribution in [0.25, 0.3) is 0 Å². The zero-order valence-electron chi connectivity index (χ0n) is 26.5. The van der Waals surface area contributed by atoms with Gasteiger partial charge in [-0.2, -0.15) is 0 Å². The monoisotopic (exact) mass is 691 g/mol. The first kappa shape index (κ1) is 34.1. The molecule has 2 N–H and O–H groups in total. The number of fused-ring (bicyclic) bond motifs is 1. The maximum Gasteiger partial charge on any atom is 0.316 e. The maximum absolute atomic E-state index is 16.7. The summed E-state index contributed by atoms with van der Waals surface area (Å²) in [6.07, 6.45) is 1.40. The fourth-order valence-electron chi connectivity index (χ4n) is 7.12. The number of benzene rings is 4. The van der Waals surface area contributed by atoms with E-state index in [-0.39, 0.29) is 34.6 Å². The third kappa shape index (κ3) is 6.01. The van der Waals surface area contributed by atoms with Crippen LogP contribution in [0.2, 0.25) is 10.0 Å². The lowest BCUT2D eigenvalue weighted by molar-refractivity contribution is -0.144. The minimum atomic E-state index is -2.39. The third-order valence-electron chi connectivity index (χ3n) is 9.72. The Kier molecular flexibility index (Phi) is 9.67. The van der Waals surface area contributed by atoms with Crippen molar-refractivity contribution < 1.29 is 33.7 Å². The van der Waals surface area contributed by atoms with Crippen LogP contribution < -0.4 is 4.74 Å². The lowest BCUT2D eigenvalue weighted by Crippen LogP contribution is -2.50. The number of esters is 1. The molecule has 6 rings (SSSR count). The van der Waals surface area contributed by atoms with Gasteiger partial charge in [0.2, 0.25) is 0 Å². The molecule has 4 aromatic carbocycles. The lowest BCUT2D eigenvalue weighted by atomic mass is 9.74. The summed E-state index contributed by atoms with van der Waals surface area (Å²) in [5.41, 5.74) is -3.40. The van der Waals surface area contributed by atoms with E-state index in [4.69, 9.17) is 32.7 Å². The van der Waals surface area contributed by atoms with Crippen molar-refractivity contribution in [1.82, 2.24) is 4.90 Å². The molecule has 10 heteroatoms. The number of para-hydroxylation sites is 1. The maximum atomic E-state index is 16.7. The highest BCUT2D eigenvalue weighted by Crippen LogP contribution is 2.51. The Labute approximate surface area is 288 Å². The molecule has 0 spiro atoms. The van der Waals surface area contributed by atoms with Gasteiger partial charge in [0.1, 0.15) is 11.6 Å². The van der Waals surface area contributed by atoms with Crippen molar-refractivity contribution in [3.05, 3.63) is 135 Å². The van der Waals surface area contributed by atoms with Crippen LogP contribution in [-0.2, 0) is 20.9 Å². The summed E-state index contributed by atoms with van der Waals surface area (Å²) in [7, 11) is 0. The zero-order chi connectivity index (χ0) is 34.2. The normalized spacial score (nSPS) is 20.6. The van der Waals surface area contributed by atoms with Crippen LogP contribution in [0, 0.1) is 17.7 Å². The number of aliphatic hydroxyl groups is 2. The van der Waals surface area contributed by atoms with Crippen LogP contribution in [0.15, 0.2) is 91.0 Å². The van der Waals surface area contributed by atoms with Gasteiger partial charge in [0.15, 0.2) is 5.72 Å². The molecule has 250 valence electrons. The van der Waals surface area contributed by atoms with Crippen molar-refractivity contribution >= 4 is 35.1 Å². The fraction of sp³-hybridized carbons (Fsp3) is 0.316. The van der Waals surface area contributed by atoms with E-state index in [1.807, 2.05) is 6.92 Å². The van der Waals surface area contributed by atoms with Gasteiger partial charge in [-0.3, -0.25) is 14.5 Å². The summed E-state index contributed by atoms with van der Waals surface area (Å²) in [5.74, 6) is -3.27. The highest BCUT2D eigenvalue weighted by Gasteiger charge is 2.57. The van der Waals surface area contributed by atoms with E-state index in [0.717, 1.165) is 4.90 Å². The predicted molar refractivity (Wildman–Crippen MR) is 180 cm³/mol. The van der Waals surface area contributed by atoms with Crippen molar-refractivity contribution in [2.45, 2.75) is 50.5 Å². The molecule has 0 aromatic heterocycles. The minimum absolute atomic E-state index is 0.121. The first-order valence-corrected chi connectivity index (χ1v) is 16.7. The van der Waals surface area contributed by atoms with Crippen LogP contribution in [0.4, 0.5) is 4.39 Å². The van der Waals surface area contributed by atoms with Crippen molar-refractivity contribution in [3.8, 4) is 5.75 Å². The van der Waals surface area contributed by atoms with Gasteiger partial charge < -0.3 is 19.7 Å². The van der Waals surface area contributed by atoms with E-state index >= 15 is 4.39 Å². The average molecular weight is 693 g/mol. The quantitative estimate of drug-likeness (QED) is 0.137. The van der Waals surface area contributed by atoms with Crippen molar-refractivity contribution in [1.29, 1.82) is 0 Å². The molecule has 2 aliphatic heterocycles. The van der Waals surface area contributed by atoms with E-state index in [2.05, 4.69) is 0 Å². The number of ether oxygens (including phenoxy) is 2. The molecule has 2 heterocycles. The summed E-state index contributed by atoms with van der Waals surface area (Å²) < 4.78 is 28.0. The summed E-state index contributed by atoms with van der Waals surface area (Å²) in [4.78, 5) is 29.7. The van der Waals surface area contributed by atoms with Gasteiger partial charge in [0.25, 0.3) is 5.91 Å². The number of carbonyl (C=O) groups excluding carboxylic acids is 2. The Morgan fingerprint density at radius 3 is 2.23 bits per heavy atom. The summed E-state index contributed by atoms with van der Waals surface area (Å²) >= 11 is 12.5. The zero-order valence-corrected chi connectivity index (χ0v) is 28.0. The number of amides is 1. The van der Waals surface area contributed by atoms with Gasteiger partial charge in [-0.1, -0.05) is 72.6 Å². The van der Waals surface area contributed by atoms with Gasteiger partial charge in [-0.05, 0) is 91.8 Å². The van der Waals surface area contributed by atoms with E-state index in [1.54, 1.807) is 61.5 Å². The van der Waals surface area contributed by atoms with Crippen molar-refractivity contribution in [2.75, 3.05) is 13.2 Å². The number of rotatable bonds is 9. The Balaban J connectivity index is 1.54. The SMILES string of the molecule is CCC(O)(c1cc(F)c2c(c1)C(=O)N([C@H](c1ccc(Cl)cc1)[C@H](C)C(=O)Oc1ccccc1)C2(O)c1ccc(Cl)cc1)C1CCOCC1. The molecule has 48 heavy (non-hydrogen) atoms. The largest absolute Gasteiger partial charge is 0.426 e. The molecule has 7 nitrogen and oxygen atoms in total. The first-order valence-electron chi connectivity index (χ1n) is 16.0. The smallest absolute Gasteiger partial charge is 0.316 e. The van der Waals surface area contributed by atoms with Crippen molar-refractivity contribution in [2.24, 2.45) is 11.8 Å². The minimum Gasteiger partial charge on any atom is -0.426 e. The number of halogens is 3. The molecule has 4 atom stereocenters. The highest BCUT2D eigenvalue weighted by molar-refractivity contribution is 6.30. The van der Waals surface area contributed by atoms with E-state index in [1.165, 1.54) is 36.4 Å². The first-order chi connectivity index (χ1) is 23.0. The van der Waals surface area contributed by atoms with Crippen LogP contribution in [0.3, 0.4) is 0 Å². The van der Waals surface area contributed by atoms with Crippen LogP contribution >= 0.6 is 23.2 Å². The molecule has 1 amide bonds. The van der Waals surface area contributed by atoms with Crippen molar-refractivity contribution in [3.63, 3.8) is 0 Å². The molecule has 1 saturated heterocycles. The van der Waals surface area contributed by atoms with Gasteiger partial charge in [0.05, 0.1) is 28.7 Å². The summed E-state index contributed by atoms with van der Waals surface area (Å²) in [5, 5.41) is 25.7. The second-order valence-corrected chi connectivity index (χ2v) is 13.3. The van der Waals surface area contributed by atoms with Gasteiger partial charge >= 0.3 is 5.97 Å². The highest BCUT2D eigenvalue weighted by atomic mass is 35.5. The number of hydrogen-bond acceptors (Lipinski definition) is 6. The fourth-order valence-corrected chi connectivity index (χ4v) is 7.37. The van der Waals surface area contributed by atoms with Gasteiger partial charge in [-0.25, -0.2) is 4.39 Å². The molecule has 0 radical (unpaired) electrons. The van der Waals surface area contributed by atoms with E-state index in [0.29, 0.717) is 47.4 Å². The second-order valence-electron chi connectivity index (χ2n) is 12.4. The molecule has 0 bridgehead atoms. The molecule has 0 saturated carbocycles. The average Bonchev–Trinajstić information content (AvgIpc) is 3.33. The molecule has 2 aliphatic rings. The second kappa shape index (κ2) is 13.6. The third-order valence-corrected chi connectivity index (χ3v) is 10.2. The summed E-state index contributed by atoms with van der Waals surface area (Å²) in [6, 6.07) is 22.7. The molecule has 1 fully saturated rings. The Bertz CT molecular complexity index is 1800. The molecular formula is C38H36Cl2FNO6. The molecule has 0 aliphatic carbocycles. The van der Waals surface area contributed by atoms with Crippen LogP contribution in [0.5, 0.6) is 5.75 Å². The molecule has 4 aromatic rings. The molecular weight excluding hydrogens is 656 g/mol. The summed E-state index contributed by atoms with van der Waals surface area (Å²) in [6.45, 7) is 4.33. The number of hydrogen-bond donors (Lipinski definition) is 2. The lowest BCUT2D eigenvalue weighted by Gasteiger charge is -2.42. The predicted octanol–water partition coefficient (Wildman–Crippen LogP) is 7.79. The van der Waals surface area contributed by atoms with E-state index < -0.39 is 41.0 Å². The van der Waals surface area contributed by atoms with Crippen LogP contribution in [-0.4, -0.2) is 40.2 Å². The Morgan fingerprint density at radius 1 is 1.02 bits per heavy atom. The van der Waals surface area contributed by atoms with Gasteiger partial charge in [0, 0.05) is 28.8 Å². The standard InChI is InChI=1S/C38H36Cl2FNO6/c1-3-37(45,25-17-19-47-20-18-25)27-21-31-33(32(41)22-27)38(46,26-11-15-29(40)16-12-26)42(35(31)43)34(24-9-13-28(39)14-10-24)23(2)36(44)48-30-7-5-4-6-8-30/h4-16,21-23,25,34,45-46H,3,17-20H2,1-2H3/t23-,34-,37?,38?/m0/s1. The van der Waals surface area contributed by atoms with E-state index in [9.17, 15) is 19.8 Å². The number of carbonyl (C=O) groups is 2. The van der Waals surface area contributed by atoms with Gasteiger partial charge in [-0.15, -0.1) is 0 Å². The molecule has 2 unspecified atom stereocenters. The van der Waals surface area contributed by atoms with Crippen LogP contribution in [0.1, 0.15) is 71.8 Å². The Morgan fingerprint density at radius 2 is 1.62 bits per heavy atom. The topological polar surface area (TPSA) is 96.3 Å². The number of nitrogens with zero attached hydrogens (tertiary/aromatic N) is 1.